The van der Waals surface area contributed by atoms with Crippen molar-refractivity contribution in [2.75, 3.05) is 12.8 Å². The molecule has 22 heavy (non-hydrogen) atoms. The fourth-order valence-corrected chi connectivity index (χ4v) is 5.22. The van der Waals surface area contributed by atoms with Gasteiger partial charge >= 0.3 is 5.97 Å². The van der Waals surface area contributed by atoms with Crippen LogP contribution in [0.5, 0.6) is 0 Å². The molecule has 8 heteroatoms. The fraction of sp³-hybridized carbons (Fsp3) is 0.500. The Balaban J connectivity index is 2.36. The van der Waals surface area contributed by atoms with Gasteiger partial charge in [0.25, 0.3) is 0 Å². The summed E-state index contributed by atoms with van der Waals surface area (Å²) in [5.41, 5.74) is 0. The van der Waals surface area contributed by atoms with Crippen molar-refractivity contribution in [3.8, 4) is 0 Å². The number of rotatable bonds is 4. The standard InChI is InChI=1S/C14H18ClNO4S2/c1-9-3-4-10(14(17)18)8-16(9)22(19,20)11-5-6-13(21-2)12(15)7-11/h5-7,9-10H,3-4,8H2,1-2H3,(H,17,18). The Labute approximate surface area is 139 Å². The first-order valence-corrected chi connectivity index (χ1v) is 9.90. The van der Waals surface area contributed by atoms with Gasteiger partial charge in [-0.15, -0.1) is 11.8 Å². The molecular formula is C14H18ClNO4S2. The summed E-state index contributed by atoms with van der Waals surface area (Å²) in [6.45, 7) is 1.80. The number of hydrogen-bond acceptors (Lipinski definition) is 4. The lowest BCUT2D eigenvalue weighted by atomic mass is 9.96. The summed E-state index contributed by atoms with van der Waals surface area (Å²) in [6, 6.07) is 4.40. The lowest BCUT2D eigenvalue weighted by Gasteiger charge is -2.35. The molecule has 0 aromatic heterocycles. The van der Waals surface area contributed by atoms with E-state index in [4.69, 9.17) is 16.7 Å². The maximum Gasteiger partial charge on any atom is 0.307 e. The van der Waals surface area contributed by atoms with Gasteiger partial charge in [0.05, 0.1) is 15.8 Å². The van der Waals surface area contributed by atoms with E-state index in [2.05, 4.69) is 0 Å². The summed E-state index contributed by atoms with van der Waals surface area (Å²) in [6.07, 6.45) is 2.89. The van der Waals surface area contributed by atoms with Gasteiger partial charge in [-0.3, -0.25) is 4.79 Å². The van der Waals surface area contributed by atoms with Crippen molar-refractivity contribution in [2.24, 2.45) is 5.92 Å². The molecule has 2 atom stereocenters. The highest BCUT2D eigenvalue weighted by molar-refractivity contribution is 7.98. The first kappa shape index (κ1) is 17.6. The summed E-state index contributed by atoms with van der Waals surface area (Å²) < 4.78 is 26.8. The van der Waals surface area contributed by atoms with Gasteiger partial charge in [0.2, 0.25) is 10.0 Å². The van der Waals surface area contributed by atoms with Crippen LogP contribution in [0.3, 0.4) is 0 Å². The molecule has 1 aliphatic rings. The quantitative estimate of drug-likeness (QED) is 0.832. The summed E-state index contributed by atoms with van der Waals surface area (Å²) in [5.74, 6) is -1.62. The number of carboxylic acids is 1. The smallest absolute Gasteiger partial charge is 0.307 e. The van der Waals surface area contributed by atoms with Gasteiger partial charge in [-0.2, -0.15) is 4.31 Å². The molecule has 2 rings (SSSR count). The van der Waals surface area contributed by atoms with Crippen molar-refractivity contribution < 1.29 is 18.3 Å². The van der Waals surface area contributed by atoms with Crippen LogP contribution in [-0.2, 0) is 14.8 Å². The molecule has 0 radical (unpaired) electrons. The largest absolute Gasteiger partial charge is 0.481 e. The van der Waals surface area contributed by atoms with Gasteiger partial charge in [0.1, 0.15) is 0 Å². The van der Waals surface area contributed by atoms with Crippen LogP contribution < -0.4 is 0 Å². The number of carbonyl (C=O) groups is 1. The molecule has 1 fully saturated rings. The van der Waals surface area contributed by atoms with Crippen LogP contribution in [0.4, 0.5) is 0 Å². The molecule has 1 heterocycles. The molecule has 122 valence electrons. The molecule has 0 saturated carbocycles. The number of nitrogens with zero attached hydrogens (tertiary/aromatic N) is 1. The van der Waals surface area contributed by atoms with Gasteiger partial charge in [-0.05, 0) is 44.2 Å². The summed E-state index contributed by atoms with van der Waals surface area (Å²) in [4.78, 5) is 12.1. The first-order valence-electron chi connectivity index (χ1n) is 6.85. The molecule has 0 amide bonds. The van der Waals surface area contributed by atoms with Crippen LogP contribution in [0, 0.1) is 5.92 Å². The Morgan fingerprint density at radius 3 is 2.64 bits per heavy atom. The third-order valence-corrected chi connectivity index (χ3v) is 7.10. The van der Waals surface area contributed by atoms with Crippen LogP contribution in [-0.4, -0.2) is 42.6 Å². The van der Waals surface area contributed by atoms with Crippen LogP contribution >= 0.6 is 23.4 Å². The van der Waals surface area contributed by atoms with E-state index >= 15 is 0 Å². The van der Waals surface area contributed by atoms with Crippen LogP contribution in [0.1, 0.15) is 19.8 Å². The lowest BCUT2D eigenvalue weighted by Crippen LogP contribution is -2.47. The van der Waals surface area contributed by atoms with Crippen molar-refractivity contribution in [3.05, 3.63) is 23.2 Å². The van der Waals surface area contributed by atoms with Crippen LogP contribution in [0.2, 0.25) is 5.02 Å². The molecule has 0 spiro atoms. The number of piperidine rings is 1. The number of aliphatic carboxylic acids is 1. The van der Waals surface area contributed by atoms with Crippen molar-refractivity contribution >= 4 is 39.4 Å². The minimum Gasteiger partial charge on any atom is -0.481 e. The zero-order valence-corrected chi connectivity index (χ0v) is 14.7. The van der Waals surface area contributed by atoms with E-state index < -0.39 is 21.9 Å². The summed E-state index contributed by atoms with van der Waals surface area (Å²) >= 11 is 7.53. The Bertz CT molecular complexity index is 677. The molecular weight excluding hydrogens is 346 g/mol. The average Bonchev–Trinajstić information content (AvgIpc) is 2.47. The van der Waals surface area contributed by atoms with E-state index in [1.165, 1.54) is 28.2 Å². The van der Waals surface area contributed by atoms with Gasteiger partial charge in [0, 0.05) is 17.5 Å². The third-order valence-electron chi connectivity index (χ3n) is 3.90. The maximum absolute atomic E-state index is 12.8. The van der Waals surface area contributed by atoms with Crippen molar-refractivity contribution in [3.63, 3.8) is 0 Å². The third kappa shape index (κ3) is 3.42. The summed E-state index contributed by atoms with van der Waals surface area (Å²) in [5, 5.41) is 9.53. The predicted molar refractivity (Wildman–Crippen MR) is 86.9 cm³/mol. The zero-order chi connectivity index (χ0) is 16.5. The number of thioether (sulfide) groups is 1. The average molecular weight is 364 g/mol. The van der Waals surface area contributed by atoms with E-state index in [1.807, 2.05) is 6.26 Å². The number of hydrogen-bond donors (Lipinski definition) is 1. The Hall–Kier alpha value is -0.760. The van der Waals surface area contributed by atoms with Crippen molar-refractivity contribution in [1.29, 1.82) is 0 Å². The minimum absolute atomic E-state index is 0.000726. The molecule has 1 N–H and O–H groups in total. The molecule has 1 aromatic rings. The number of benzene rings is 1. The maximum atomic E-state index is 12.8. The van der Waals surface area contributed by atoms with Crippen molar-refractivity contribution in [2.45, 2.75) is 35.6 Å². The molecule has 5 nitrogen and oxygen atoms in total. The van der Waals surface area contributed by atoms with Crippen LogP contribution in [0.25, 0.3) is 0 Å². The Morgan fingerprint density at radius 2 is 2.09 bits per heavy atom. The second-order valence-corrected chi connectivity index (χ2v) is 8.48. The van der Waals surface area contributed by atoms with Gasteiger partial charge < -0.3 is 5.11 Å². The Kier molecular flexibility index (Phi) is 5.42. The van der Waals surface area contributed by atoms with Crippen LogP contribution in [0.15, 0.2) is 28.0 Å². The van der Waals surface area contributed by atoms with Crippen molar-refractivity contribution in [1.82, 2.24) is 4.31 Å². The SMILES string of the molecule is CSc1ccc(S(=O)(=O)N2CC(C(=O)O)CCC2C)cc1Cl. The summed E-state index contributed by atoms with van der Waals surface area (Å²) in [7, 11) is -3.75. The highest BCUT2D eigenvalue weighted by Gasteiger charge is 2.37. The minimum atomic E-state index is -3.75. The van der Waals surface area contributed by atoms with Gasteiger partial charge in [-0.25, -0.2) is 8.42 Å². The lowest BCUT2D eigenvalue weighted by molar-refractivity contribution is -0.143. The second kappa shape index (κ2) is 6.78. The van der Waals surface area contributed by atoms with Gasteiger partial charge in [-0.1, -0.05) is 11.6 Å². The number of sulfonamides is 1. The van der Waals surface area contributed by atoms with E-state index in [-0.39, 0.29) is 17.5 Å². The topological polar surface area (TPSA) is 74.7 Å². The van der Waals surface area contributed by atoms with E-state index in [0.717, 1.165) is 4.90 Å². The molecule has 1 aliphatic heterocycles. The second-order valence-electron chi connectivity index (χ2n) is 5.33. The molecule has 2 unspecified atom stereocenters. The highest BCUT2D eigenvalue weighted by Crippen LogP contribution is 2.32. The van der Waals surface area contributed by atoms with E-state index in [1.54, 1.807) is 13.0 Å². The van der Waals surface area contributed by atoms with Gasteiger partial charge in [0.15, 0.2) is 0 Å². The zero-order valence-electron chi connectivity index (χ0n) is 12.3. The normalized spacial score (nSPS) is 23.4. The number of halogens is 1. The molecule has 1 aromatic carbocycles. The fourth-order valence-electron chi connectivity index (χ4n) is 2.55. The monoisotopic (exact) mass is 363 g/mol. The Morgan fingerprint density at radius 1 is 1.41 bits per heavy atom. The van der Waals surface area contributed by atoms with E-state index in [9.17, 15) is 13.2 Å². The molecule has 1 saturated heterocycles. The predicted octanol–water partition coefficient (Wildman–Crippen LogP) is 2.94. The highest BCUT2D eigenvalue weighted by atomic mass is 35.5. The molecule has 0 aliphatic carbocycles. The number of carboxylic acid groups (broad SMARTS) is 1. The molecule has 0 bridgehead atoms. The first-order chi connectivity index (χ1) is 10.3. The van der Waals surface area contributed by atoms with E-state index in [0.29, 0.717) is 17.9 Å².